The number of halogens is 2. The molecule has 0 radical (unpaired) electrons. The van der Waals surface area contributed by atoms with Crippen molar-refractivity contribution in [2.24, 2.45) is 5.73 Å². The minimum absolute atomic E-state index is 0.0879. The fraction of sp³-hybridized carbons (Fsp3) is 0.444. The lowest BCUT2D eigenvalue weighted by molar-refractivity contribution is 0.0502. The highest BCUT2D eigenvalue weighted by atomic mass is 19.3. The third-order valence-corrected chi connectivity index (χ3v) is 1.83. The number of nitrogens with two attached hydrogens (primary N) is 1. The first-order valence-electron chi connectivity index (χ1n) is 4.78. The normalized spacial score (nSPS) is 10.6. The smallest absolute Gasteiger partial charge is 0.356 e. The van der Waals surface area contributed by atoms with Crippen molar-refractivity contribution in [3.8, 4) is 0 Å². The Bertz CT molecular complexity index is 431. The van der Waals surface area contributed by atoms with Crippen molar-refractivity contribution >= 4 is 11.9 Å². The summed E-state index contributed by atoms with van der Waals surface area (Å²) in [6.45, 7) is 0.854. The van der Waals surface area contributed by atoms with Gasteiger partial charge >= 0.3 is 5.97 Å². The SMILES string of the molecule is CCOC(=O)c1cc(C(N)=O)nn1CC(F)F. The number of primary amides is 1. The molecule has 1 heterocycles. The standard InChI is InChI=1S/C9H11F2N3O3/c1-2-17-9(16)6-3-5(8(12)15)13-14(6)4-7(10)11/h3,7H,2,4H2,1H3,(H2,12,15). The van der Waals surface area contributed by atoms with Gasteiger partial charge in [0, 0.05) is 6.07 Å². The molecule has 0 aliphatic carbocycles. The van der Waals surface area contributed by atoms with Gasteiger partial charge in [-0.1, -0.05) is 0 Å². The maximum atomic E-state index is 12.2. The van der Waals surface area contributed by atoms with Crippen LogP contribution in [0.4, 0.5) is 8.78 Å². The van der Waals surface area contributed by atoms with E-state index in [4.69, 9.17) is 5.73 Å². The lowest BCUT2D eigenvalue weighted by atomic mass is 10.3. The van der Waals surface area contributed by atoms with Crippen molar-refractivity contribution < 1.29 is 23.1 Å². The molecule has 0 fully saturated rings. The van der Waals surface area contributed by atoms with Gasteiger partial charge in [-0.15, -0.1) is 0 Å². The Hall–Kier alpha value is -1.99. The molecule has 2 N–H and O–H groups in total. The molecule has 17 heavy (non-hydrogen) atoms. The van der Waals surface area contributed by atoms with E-state index >= 15 is 0 Å². The summed E-state index contributed by atoms with van der Waals surface area (Å²) in [5, 5.41) is 3.51. The molecule has 6 nitrogen and oxygen atoms in total. The molecule has 8 heteroatoms. The van der Waals surface area contributed by atoms with E-state index in [9.17, 15) is 18.4 Å². The number of hydrogen-bond acceptors (Lipinski definition) is 4. The van der Waals surface area contributed by atoms with Gasteiger partial charge in [-0.05, 0) is 6.92 Å². The molecular weight excluding hydrogens is 236 g/mol. The Kier molecular flexibility index (Phi) is 4.13. The van der Waals surface area contributed by atoms with Gasteiger partial charge in [0.25, 0.3) is 12.3 Å². The molecule has 0 aliphatic heterocycles. The van der Waals surface area contributed by atoms with Crippen LogP contribution in [0, 0.1) is 0 Å². The van der Waals surface area contributed by atoms with Crippen molar-refractivity contribution in [1.82, 2.24) is 9.78 Å². The number of hydrogen-bond donors (Lipinski definition) is 1. The minimum Gasteiger partial charge on any atom is -0.461 e. The first kappa shape index (κ1) is 13.1. The molecule has 0 aliphatic rings. The summed E-state index contributed by atoms with van der Waals surface area (Å²) >= 11 is 0. The van der Waals surface area contributed by atoms with Crippen LogP contribution in [0.15, 0.2) is 6.07 Å². The van der Waals surface area contributed by atoms with Crippen LogP contribution in [-0.2, 0) is 11.3 Å². The van der Waals surface area contributed by atoms with E-state index in [2.05, 4.69) is 9.84 Å². The van der Waals surface area contributed by atoms with Crippen molar-refractivity contribution in [3.05, 3.63) is 17.5 Å². The predicted octanol–water partition coefficient (Wildman–Crippen LogP) is 0.424. The Morgan fingerprint density at radius 1 is 1.59 bits per heavy atom. The summed E-state index contributed by atoms with van der Waals surface area (Å²) in [5.74, 6) is -1.73. The molecule has 94 valence electrons. The molecule has 0 unspecified atom stereocenters. The molecule has 1 aromatic rings. The first-order valence-corrected chi connectivity index (χ1v) is 4.78. The van der Waals surface area contributed by atoms with Gasteiger partial charge < -0.3 is 10.5 Å². The van der Waals surface area contributed by atoms with E-state index in [0.29, 0.717) is 4.68 Å². The van der Waals surface area contributed by atoms with E-state index < -0.39 is 24.8 Å². The van der Waals surface area contributed by atoms with Gasteiger partial charge in [-0.2, -0.15) is 5.10 Å². The number of alkyl halides is 2. The molecule has 1 amide bonds. The molecule has 0 aromatic carbocycles. The Balaban J connectivity index is 3.07. The van der Waals surface area contributed by atoms with E-state index in [-0.39, 0.29) is 18.0 Å². The van der Waals surface area contributed by atoms with Crippen LogP contribution in [0.25, 0.3) is 0 Å². The number of carbonyl (C=O) groups excluding carboxylic acids is 2. The van der Waals surface area contributed by atoms with Crippen molar-refractivity contribution in [2.45, 2.75) is 19.9 Å². The highest BCUT2D eigenvalue weighted by molar-refractivity contribution is 5.95. The molecule has 0 bridgehead atoms. The molecule has 0 atom stereocenters. The highest BCUT2D eigenvalue weighted by Gasteiger charge is 2.20. The maximum absolute atomic E-state index is 12.2. The van der Waals surface area contributed by atoms with Gasteiger partial charge in [0.2, 0.25) is 0 Å². The molecule has 1 rings (SSSR count). The van der Waals surface area contributed by atoms with Gasteiger partial charge in [0.15, 0.2) is 5.69 Å². The zero-order chi connectivity index (χ0) is 13.0. The van der Waals surface area contributed by atoms with E-state index in [0.717, 1.165) is 6.07 Å². The number of ether oxygens (including phenoxy) is 1. The van der Waals surface area contributed by atoms with E-state index in [1.54, 1.807) is 6.92 Å². The van der Waals surface area contributed by atoms with Crippen LogP contribution in [-0.4, -0.2) is 34.7 Å². The second-order valence-electron chi connectivity index (χ2n) is 3.07. The van der Waals surface area contributed by atoms with Gasteiger partial charge in [-0.3, -0.25) is 9.48 Å². The summed E-state index contributed by atoms with van der Waals surface area (Å²) in [6, 6.07) is 1.03. The van der Waals surface area contributed by atoms with E-state index in [1.807, 2.05) is 0 Å². The summed E-state index contributed by atoms with van der Waals surface area (Å²) < 4.78 is 29.8. The average Bonchev–Trinajstić information content (AvgIpc) is 2.61. The summed E-state index contributed by atoms with van der Waals surface area (Å²) in [7, 11) is 0. The third kappa shape index (κ3) is 3.23. The van der Waals surface area contributed by atoms with Crippen molar-refractivity contribution in [2.75, 3.05) is 6.61 Å². The van der Waals surface area contributed by atoms with Crippen LogP contribution in [0.1, 0.15) is 27.9 Å². The van der Waals surface area contributed by atoms with Crippen LogP contribution >= 0.6 is 0 Å². The molecule has 0 saturated heterocycles. The zero-order valence-corrected chi connectivity index (χ0v) is 9.02. The first-order chi connectivity index (χ1) is 7.95. The maximum Gasteiger partial charge on any atom is 0.356 e. The van der Waals surface area contributed by atoms with Crippen molar-refractivity contribution in [1.29, 1.82) is 0 Å². The number of carbonyl (C=O) groups is 2. The molecule has 0 spiro atoms. The van der Waals surface area contributed by atoms with Gasteiger partial charge in [0.1, 0.15) is 12.2 Å². The summed E-state index contributed by atoms with van der Waals surface area (Å²) in [4.78, 5) is 22.2. The monoisotopic (exact) mass is 247 g/mol. The number of esters is 1. The van der Waals surface area contributed by atoms with Gasteiger partial charge in [-0.25, -0.2) is 13.6 Å². The second kappa shape index (κ2) is 5.37. The third-order valence-electron chi connectivity index (χ3n) is 1.83. The fourth-order valence-electron chi connectivity index (χ4n) is 1.18. The quantitative estimate of drug-likeness (QED) is 0.764. The second-order valence-corrected chi connectivity index (χ2v) is 3.07. The van der Waals surface area contributed by atoms with Gasteiger partial charge in [0.05, 0.1) is 6.61 Å². The fourth-order valence-corrected chi connectivity index (χ4v) is 1.18. The van der Waals surface area contributed by atoms with Crippen LogP contribution in [0.3, 0.4) is 0 Å². The Morgan fingerprint density at radius 3 is 2.71 bits per heavy atom. The molecule has 1 aromatic heterocycles. The molecular formula is C9H11F2N3O3. The Labute approximate surface area is 95.3 Å². The Morgan fingerprint density at radius 2 is 2.24 bits per heavy atom. The van der Waals surface area contributed by atoms with Crippen LogP contribution in [0.5, 0.6) is 0 Å². The minimum atomic E-state index is -2.70. The van der Waals surface area contributed by atoms with Crippen molar-refractivity contribution in [3.63, 3.8) is 0 Å². The predicted molar refractivity (Wildman–Crippen MR) is 52.7 cm³/mol. The number of rotatable bonds is 5. The van der Waals surface area contributed by atoms with Crippen LogP contribution in [0.2, 0.25) is 0 Å². The largest absolute Gasteiger partial charge is 0.461 e. The summed E-state index contributed by atoms with van der Waals surface area (Å²) in [5.41, 5.74) is 4.47. The van der Waals surface area contributed by atoms with E-state index in [1.165, 1.54) is 0 Å². The zero-order valence-electron chi connectivity index (χ0n) is 9.02. The topological polar surface area (TPSA) is 87.2 Å². The summed E-state index contributed by atoms with van der Waals surface area (Å²) in [6.07, 6.45) is -2.70. The average molecular weight is 247 g/mol. The number of nitrogens with zero attached hydrogens (tertiary/aromatic N) is 2. The number of aromatic nitrogens is 2. The number of amides is 1. The highest BCUT2D eigenvalue weighted by Crippen LogP contribution is 2.09. The lowest BCUT2D eigenvalue weighted by Gasteiger charge is -2.05. The lowest BCUT2D eigenvalue weighted by Crippen LogP contribution is -2.17. The molecule has 0 saturated carbocycles. The van der Waals surface area contributed by atoms with Crippen LogP contribution < -0.4 is 5.73 Å².